The molecule has 1 heterocycles. The molecule has 2 aromatic rings. The maximum atomic E-state index is 4.53. The largest absolute Gasteiger partial charge is 0.269 e. The van der Waals surface area contributed by atoms with Crippen LogP contribution < -0.4 is 0 Å². The van der Waals surface area contributed by atoms with Crippen LogP contribution in [0.1, 0.15) is 25.5 Å². The highest BCUT2D eigenvalue weighted by atomic mass is 15.3. The molecule has 0 radical (unpaired) electrons. The molecule has 1 aromatic heterocycles. The predicted octanol–water partition coefficient (Wildman–Crippen LogP) is 2.93. The minimum Gasteiger partial charge on any atom is -0.269 e. The van der Waals surface area contributed by atoms with Gasteiger partial charge in [0.2, 0.25) is 0 Å². The van der Waals surface area contributed by atoms with E-state index in [0.717, 1.165) is 5.52 Å². The van der Waals surface area contributed by atoms with Gasteiger partial charge in [-0.25, -0.2) is 0 Å². The van der Waals surface area contributed by atoms with E-state index in [1.54, 1.807) is 0 Å². The summed E-state index contributed by atoms with van der Waals surface area (Å²) in [6.07, 6.45) is 2.10. The first-order chi connectivity index (χ1) is 6.18. The highest BCUT2D eigenvalue weighted by molar-refractivity contribution is 5.81. The molecule has 0 aliphatic rings. The molecule has 0 spiro atoms. The summed E-state index contributed by atoms with van der Waals surface area (Å²) in [4.78, 5) is 0. The Kier molecular flexibility index (Phi) is 1.83. The van der Waals surface area contributed by atoms with Gasteiger partial charge in [0.05, 0.1) is 5.52 Å². The lowest BCUT2D eigenvalue weighted by atomic mass is 10.2. The van der Waals surface area contributed by atoms with Gasteiger partial charge in [0.25, 0.3) is 0 Å². The monoisotopic (exact) mass is 174 g/mol. The van der Waals surface area contributed by atoms with Crippen molar-refractivity contribution in [3.63, 3.8) is 0 Å². The van der Waals surface area contributed by atoms with E-state index in [9.17, 15) is 0 Å². The van der Waals surface area contributed by atoms with Gasteiger partial charge in [-0.15, -0.1) is 0 Å². The zero-order valence-electron chi connectivity index (χ0n) is 8.28. The Morgan fingerprint density at radius 2 is 2.08 bits per heavy atom. The number of benzene rings is 1. The van der Waals surface area contributed by atoms with E-state index >= 15 is 0 Å². The number of aromatic nitrogens is 2. The summed E-state index contributed by atoms with van der Waals surface area (Å²) < 4.78 is 2.01. The molecule has 0 saturated heterocycles. The molecule has 0 N–H and O–H groups in total. The minimum atomic E-state index is 0.437. The van der Waals surface area contributed by atoms with Crippen LogP contribution in [0, 0.1) is 6.92 Å². The molecule has 0 unspecified atom stereocenters. The molecule has 0 fully saturated rings. The Hall–Kier alpha value is -1.31. The summed E-state index contributed by atoms with van der Waals surface area (Å²) >= 11 is 0. The van der Waals surface area contributed by atoms with E-state index in [1.807, 2.05) is 4.68 Å². The van der Waals surface area contributed by atoms with Crippen molar-refractivity contribution in [2.45, 2.75) is 26.8 Å². The summed E-state index contributed by atoms with van der Waals surface area (Å²) in [5.41, 5.74) is 2.37. The van der Waals surface area contributed by atoms with Crippen LogP contribution in [0.5, 0.6) is 0 Å². The lowest BCUT2D eigenvalue weighted by molar-refractivity contribution is 0.537. The molecule has 0 atom stereocenters. The van der Waals surface area contributed by atoms with Crippen LogP contribution in [0.4, 0.5) is 0 Å². The van der Waals surface area contributed by atoms with Crippen molar-refractivity contribution in [2.75, 3.05) is 0 Å². The molecule has 2 heteroatoms. The molecule has 2 rings (SSSR count). The zero-order valence-corrected chi connectivity index (χ0v) is 8.28. The third kappa shape index (κ3) is 1.32. The summed E-state index contributed by atoms with van der Waals surface area (Å²) in [5, 5.41) is 5.76. The molecular formula is C11H14N2. The Morgan fingerprint density at radius 3 is 2.69 bits per heavy atom. The first kappa shape index (κ1) is 8.30. The van der Waals surface area contributed by atoms with Gasteiger partial charge in [0.15, 0.2) is 0 Å². The Morgan fingerprint density at radius 1 is 1.31 bits per heavy atom. The van der Waals surface area contributed by atoms with Crippen molar-refractivity contribution in [1.29, 1.82) is 0 Å². The molecule has 2 nitrogen and oxygen atoms in total. The lowest BCUT2D eigenvalue weighted by Gasteiger charge is -2.02. The highest BCUT2D eigenvalue weighted by Crippen LogP contribution is 2.17. The summed E-state index contributed by atoms with van der Waals surface area (Å²) in [7, 11) is 0. The Balaban J connectivity index is 2.68. The van der Waals surface area contributed by atoms with E-state index in [4.69, 9.17) is 0 Å². The van der Waals surface area contributed by atoms with Gasteiger partial charge >= 0.3 is 0 Å². The topological polar surface area (TPSA) is 17.8 Å². The molecule has 1 aromatic carbocycles. The molecular weight excluding hydrogens is 160 g/mol. The van der Waals surface area contributed by atoms with Gasteiger partial charge in [-0.1, -0.05) is 18.2 Å². The molecule has 0 aliphatic carbocycles. The fourth-order valence-electron chi connectivity index (χ4n) is 1.47. The Bertz CT molecular complexity index is 427. The number of hydrogen-bond acceptors (Lipinski definition) is 1. The van der Waals surface area contributed by atoms with Crippen molar-refractivity contribution in [3.05, 3.63) is 30.0 Å². The van der Waals surface area contributed by atoms with E-state index in [1.165, 1.54) is 10.9 Å². The number of fused-ring (bicyclic) bond motifs is 1. The van der Waals surface area contributed by atoms with Crippen molar-refractivity contribution in [3.8, 4) is 0 Å². The summed E-state index contributed by atoms with van der Waals surface area (Å²) in [6.45, 7) is 6.38. The third-order valence-electron chi connectivity index (χ3n) is 2.28. The molecule has 0 saturated carbocycles. The fraction of sp³-hybridized carbons (Fsp3) is 0.364. The van der Waals surface area contributed by atoms with Crippen molar-refractivity contribution >= 4 is 10.9 Å². The maximum Gasteiger partial charge on any atom is 0.0952 e. The van der Waals surface area contributed by atoms with E-state index in [0.29, 0.717) is 6.04 Å². The average Bonchev–Trinajstić information content (AvgIpc) is 2.49. The number of hydrogen-bond donors (Lipinski definition) is 0. The number of rotatable bonds is 1. The number of aryl methyl sites for hydroxylation is 1. The van der Waals surface area contributed by atoms with E-state index < -0.39 is 0 Å². The van der Waals surface area contributed by atoms with Crippen LogP contribution in [-0.4, -0.2) is 9.78 Å². The van der Waals surface area contributed by atoms with Gasteiger partial charge in [-0.3, -0.25) is 4.68 Å². The van der Waals surface area contributed by atoms with Crippen LogP contribution in [0.3, 0.4) is 0 Å². The average molecular weight is 174 g/mol. The van der Waals surface area contributed by atoms with Crippen LogP contribution in [0.25, 0.3) is 10.9 Å². The van der Waals surface area contributed by atoms with Gasteiger partial charge in [-0.05, 0) is 26.3 Å². The summed E-state index contributed by atoms with van der Waals surface area (Å²) in [6, 6.07) is 6.71. The predicted molar refractivity (Wildman–Crippen MR) is 54.9 cm³/mol. The first-order valence-corrected chi connectivity index (χ1v) is 4.63. The normalized spacial score (nSPS) is 11.4. The quantitative estimate of drug-likeness (QED) is 0.650. The minimum absolute atomic E-state index is 0.437. The Labute approximate surface area is 78.2 Å². The van der Waals surface area contributed by atoms with Crippen molar-refractivity contribution in [1.82, 2.24) is 9.78 Å². The second kappa shape index (κ2) is 2.87. The SMILES string of the molecule is Cc1cccc2cn(C(C)C)nc12. The maximum absolute atomic E-state index is 4.53. The van der Waals surface area contributed by atoms with Gasteiger partial charge < -0.3 is 0 Å². The van der Waals surface area contributed by atoms with Gasteiger partial charge in [0.1, 0.15) is 0 Å². The first-order valence-electron chi connectivity index (χ1n) is 4.63. The summed E-state index contributed by atoms with van der Waals surface area (Å²) in [5.74, 6) is 0. The van der Waals surface area contributed by atoms with E-state index in [2.05, 4.69) is 50.3 Å². The van der Waals surface area contributed by atoms with Crippen LogP contribution >= 0.6 is 0 Å². The number of nitrogens with zero attached hydrogens (tertiary/aromatic N) is 2. The molecule has 0 amide bonds. The van der Waals surface area contributed by atoms with E-state index in [-0.39, 0.29) is 0 Å². The third-order valence-corrected chi connectivity index (χ3v) is 2.28. The van der Waals surface area contributed by atoms with Crippen molar-refractivity contribution < 1.29 is 0 Å². The van der Waals surface area contributed by atoms with Gasteiger partial charge in [0, 0.05) is 17.6 Å². The lowest BCUT2D eigenvalue weighted by Crippen LogP contribution is -2.00. The second-order valence-electron chi connectivity index (χ2n) is 3.72. The molecule has 13 heavy (non-hydrogen) atoms. The van der Waals surface area contributed by atoms with Crippen LogP contribution in [0.2, 0.25) is 0 Å². The molecule has 0 aliphatic heterocycles. The van der Waals surface area contributed by atoms with Crippen LogP contribution in [0.15, 0.2) is 24.4 Å². The smallest absolute Gasteiger partial charge is 0.0952 e. The van der Waals surface area contributed by atoms with Crippen LogP contribution in [-0.2, 0) is 0 Å². The standard InChI is InChI=1S/C11H14N2/c1-8(2)13-7-10-6-4-5-9(3)11(10)12-13/h4-8H,1-3H3. The molecule has 68 valence electrons. The van der Waals surface area contributed by atoms with Gasteiger partial charge in [-0.2, -0.15) is 5.10 Å². The molecule has 0 bridgehead atoms. The highest BCUT2D eigenvalue weighted by Gasteiger charge is 2.04. The van der Waals surface area contributed by atoms with Crippen molar-refractivity contribution in [2.24, 2.45) is 0 Å². The zero-order chi connectivity index (χ0) is 9.42. The fourth-order valence-corrected chi connectivity index (χ4v) is 1.47. The second-order valence-corrected chi connectivity index (χ2v) is 3.72.